The minimum Gasteiger partial charge on any atom is -0.296 e. The van der Waals surface area contributed by atoms with E-state index in [9.17, 15) is 9.59 Å². The van der Waals surface area contributed by atoms with Crippen LogP contribution in [-0.2, 0) is 9.59 Å². The Morgan fingerprint density at radius 2 is 0.667 bits per heavy atom. The molecule has 0 spiro atoms. The number of hydrogen-bond donors (Lipinski definition) is 1. The van der Waals surface area contributed by atoms with Gasteiger partial charge in [-0.1, -0.05) is 77.0 Å². The number of rotatable bonds is 0. The van der Waals surface area contributed by atoms with E-state index in [0.29, 0.717) is 12.8 Å². The van der Waals surface area contributed by atoms with E-state index >= 15 is 0 Å². The van der Waals surface area contributed by atoms with Crippen LogP contribution in [0.1, 0.15) is 103 Å². The summed E-state index contributed by atoms with van der Waals surface area (Å²) in [5.41, 5.74) is 0. The fourth-order valence-corrected chi connectivity index (χ4v) is 2.97. The van der Waals surface area contributed by atoms with Crippen LogP contribution < -0.4 is 5.32 Å². The second-order valence-electron chi connectivity index (χ2n) is 6.42. The molecule has 1 heterocycles. The first-order chi connectivity index (χ1) is 10.3. The number of hydrogen-bond acceptors (Lipinski definition) is 2. The summed E-state index contributed by atoms with van der Waals surface area (Å²) in [5.74, 6) is -0.171. The molecule has 0 saturated carbocycles. The van der Waals surface area contributed by atoms with Crippen molar-refractivity contribution in [3.63, 3.8) is 0 Å². The molecule has 0 atom stereocenters. The summed E-state index contributed by atoms with van der Waals surface area (Å²) in [6.07, 6.45) is 18.3. The summed E-state index contributed by atoms with van der Waals surface area (Å²) in [4.78, 5) is 23.2. The monoisotopic (exact) mass is 295 g/mol. The van der Waals surface area contributed by atoms with Crippen molar-refractivity contribution in [2.45, 2.75) is 103 Å². The number of imide groups is 1. The van der Waals surface area contributed by atoms with E-state index in [0.717, 1.165) is 25.7 Å². The van der Waals surface area contributed by atoms with Crippen LogP contribution in [0.15, 0.2) is 0 Å². The van der Waals surface area contributed by atoms with Gasteiger partial charge >= 0.3 is 0 Å². The summed E-state index contributed by atoms with van der Waals surface area (Å²) in [6, 6.07) is 0. The molecule has 1 fully saturated rings. The standard InChI is InChI=1S/C18H33NO2/c20-17-15-13-11-9-7-5-3-1-2-4-6-8-10-12-14-16-18(21)19-17/h1-16H2,(H,19,20,21). The number of nitrogens with one attached hydrogen (secondary N) is 1. The largest absolute Gasteiger partial charge is 0.296 e. The van der Waals surface area contributed by atoms with Crippen LogP contribution in [0, 0.1) is 0 Å². The van der Waals surface area contributed by atoms with Gasteiger partial charge in [-0.2, -0.15) is 0 Å². The van der Waals surface area contributed by atoms with E-state index < -0.39 is 0 Å². The Kier molecular flexibility index (Phi) is 11.1. The van der Waals surface area contributed by atoms with Gasteiger partial charge in [0.1, 0.15) is 0 Å². The molecule has 122 valence electrons. The van der Waals surface area contributed by atoms with Crippen molar-refractivity contribution in [2.24, 2.45) is 0 Å². The Morgan fingerprint density at radius 1 is 0.429 bits per heavy atom. The Hall–Kier alpha value is -0.860. The van der Waals surface area contributed by atoms with Gasteiger partial charge in [0.15, 0.2) is 0 Å². The SMILES string of the molecule is O=C1CCCCCCCCCCCCCCCCC(=O)N1. The second kappa shape index (κ2) is 12.8. The van der Waals surface area contributed by atoms with E-state index in [2.05, 4.69) is 5.32 Å². The van der Waals surface area contributed by atoms with Gasteiger partial charge in [-0.3, -0.25) is 14.9 Å². The van der Waals surface area contributed by atoms with Gasteiger partial charge in [0.2, 0.25) is 11.8 Å². The maximum absolute atomic E-state index is 11.6. The molecule has 1 aliphatic heterocycles. The third kappa shape index (κ3) is 11.5. The number of carbonyl (C=O) groups excluding carboxylic acids is 2. The predicted octanol–water partition coefficient (Wildman–Crippen LogP) is 4.88. The van der Waals surface area contributed by atoms with Crippen molar-refractivity contribution < 1.29 is 9.59 Å². The summed E-state index contributed by atoms with van der Waals surface area (Å²) in [6.45, 7) is 0. The molecule has 3 heteroatoms. The van der Waals surface area contributed by atoms with Crippen molar-refractivity contribution in [3.05, 3.63) is 0 Å². The Morgan fingerprint density at radius 3 is 0.952 bits per heavy atom. The lowest BCUT2D eigenvalue weighted by atomic mass is 10.0. The molecule has 3 nitrogen and oxygen atoms in total. The molecule has 0 unspecified atom stereocenters. The lowest BCUT2D eigenvalue weighted by Crippen LogP contribution is -2.29. The molecule has 0 bridgehead atoms. The summed E-state index contributed by atoms with van der Waals surface area (Å²) >= 11 is 0. The van der Waals surface area contributed by atoms with Gasteiger partial charge in [-0.25, -0.2) is 0 Å². The van der Waals surface area contributed by atoms with Gasteiger partial charge in [-0.15, -0.1) is 0 Å². The molecular formula is C18H33NO2. The molecule has 0 radical (unpaired) electrons. The Labute approximate surface area is 130 Å². The fraction of sp³-hybridized carbons (Fsp3) is 0.889. The first-order valence-corrected chi connectivity index (χ1v) is 9.12. The average molecular weight is 295 g/mol. The highest BCUT2D eigenvalue weighted by molar-refractivity contribution is 5.95. The molecule has 21 heavy (non-hydrogen) atoms. The molecule has 2 amide bonds. The molecular weight excluding hydrogens is 262 g/mol. The van der Waals surface area contributed by atoms with E-state index in [1.807, 2.05) is 0 Å². The summed E-state index contributed by atoms with van der Waals surface area (Å²) in [7, 11) is 0. The van der Waals surface area contributed by atoms with Crippen LogP contribution in [0.2, 0.25) is 0 Å². The van der Waals surface area contributed by atoms with Crippen LogP contribution in [-0.4, -0.2) is 11.8 Å². The van der Waals surface area contributed by atoms with Crippen LogP contribution in [0.5, 0.6) is 0 Å². The molecule has 1 saturated heterocycles. The molecule has 0 aromatic rings. The zero-order chi connectivity index (χ0) is 15.2. The van der Waals surface area contributed by atoms with Gasteiger partial charge in [0.25, 0.3) is 0 Å². The van der Waals surface area contributed by atoms with Crippen molar-refractivity contribution in [1.29, 1.82) is 0 Å². The molecule has 0 aliphatic carbocycles. The smallest absolute Gasteiger partial charge is 0.226 e. The number of carbonyl (C=O) groups is 2. The van der Waals surface area contributed by atoms with Crippen molar-refractivity contribution >= 4 is 11.8 Å². The zero-order valence-corrected chi connectivity index (χ0v) is 13.6. The highest BCUT2D eigenvalue weighted by Gasteiger charge is 2.07. The van der Waals surface area contributed by atoms with Crippen molar-refractivity contribution in [1.82, 2.24) is 5.32 Å². The lowest BCUT2D eigenvalue weighted by Gasteiger charge is -2.04. The highest BCUT2D eigenvalue weighted by Crippen LogP contribution is 2.14. The molecule has 1 aliphatic rings. The molecule has 0 aromatic carbocycles. The minimum atomic E-state index is -0.0853. The van der Waals surface area contributed by atoms with Crippen LogP contribution in [0.25, 0.3) is 0 Å². The second-order valence-corrected chi connectivity index (χ2v) is 6.42. The maximum atomic E-state index is 11.6. The summed E-state index contributed by atoms with van der Waals surface area (Å²) < 4.78 is 0. The van der Waals surface area contributed by atoms with E-state index in [4.69, 9.17) is 0 Å². The quantitative estimate of drug-likeness (QED) is 0.647. The normalized spacial score (nSPS) is 22.7. The first kappa shape index (κ1) is 18.2. The van der Waals surface area contributed by atoms with Crippen LogP contribution in [0.4, 0.5) is 0 Å². The minimum absolute atomic E-state index is 0.0853. The first-order valence-electron chi connectivity index (χ1n) is 9.12. The highest BCUT2D eigenvalue weighted by atomic mass is 16.2. The van der Waals surface area contributed by atoms with E-state index in [1.165, 1.54) is 64.2 Å². The third-order valence-electron chi connectivity index (χ3n) is 4.34. The number of amides is 2. The predicted molar refractivity (Wildman–Crippen MR) is 87.0 cm³/mol. The Balaban J connectivity index is 2.21. The summed E-state index contributed by atoms with van der Waals surface area (Å²) in [5, 5.41) is 2.52. The van der Waals surface area contributed by atoms with Crippen LogP contribution in [0.3, 0.4) is 0 Å². The maximum Gasteiger partial charge on any atom is 0.226 e. The van der Waals surface area contributed by atoms with E-state index in [-0.39, 0.29) is 11.8 Å². The van der Waals surface area contributed by atoms with Crippen molar-refractivity contribution in [2.75, 3.05) is 0 Å². The molecule has 0 aromatic heterocycles. The molecule has 1 rings (SSSR count). The van der Waals surface area contributed by atoms with Gasteiger partial charge in [-0.05, 0) is 12.8 Å². The topological polar surface area (TPSA) is 46.2 Å². The van der Waals surface area contributed by atoms with Gasteiger partial charge < -0.3 is 0 Å². The van der Waals surface area contributed by atoms with E-state index in [1.54, 1.807) is 0 Å². The zero-order valence-electron chi connectivity index (χ0n) is 13.6. The lowest BCUT2D eigenvalue weighted by molar-refractivity contribution is -0.130. The van der Waals surface area contributed by atoms with Gasteiger partial charge in [0, 0.05) is 12.8 Å². The third-order valence-corrected chi connectivity index (χ3v) is 4.34. The Bertz CT molecular complexity index is 261. The van der Waals surface area contributed by atoms with Gasteiger partial charge in [0.05, 0.1) is 0 Å². The molecule has 1 N–H and O–H groups in total. The fourth-order valence-electron chi connectivity index (χ4n) is 2.97. The average Bonchev–Trinajstić information content (AvgIpc) is 2.46. The van der Waals surface area contributed by atoms with Crippen molar-refractivity contribution in [3.8, 4) is 0 Å². The van der Waals surface area contributed by atoms with Crippen LogP contribution >= 0.6 is 0 Å².